The molecule has 0 bridgehead atoms. The fraction of sp³-hybridized carbons (Fsp3) is 0.488. The normalized spacial score (nSPS) is 13.6. The van der Waals surface area contributed by atoms with Gasteiger partial charge in [0, 0.05) is 62.2 Å². The molecule has 5 amide bonds. The number of H-pyrrole nitrogens is 1. The Hall–Kier alpha value is -8.90. The number of nitrogens with one attached hydrogen (secondary N) is 7. The van der Waals surface area contributed by atoms with Gasteiger partial charge in [-0.2, -0.15) is 0 Å². The molecule has 1 aliphatic rings. The fourth-order valence-electron chi connectivity index (χ4n) is 9.77. The number of imidazole rings is 1. The molecule has 0 spiro atoms. The van der Waals surface area contributed by atoms with Gasteiger partial charge < -0.3 is 20.9 Å². The van der Waals surface area contributed by atoms with Crippen LogP contribution in [0, 0.1) is 23.2 Å². The van der Waals surface area contributed by atoms with E-state index in [0.717, 1.165) is 31.6 Å². The van der Waals surface area contributed by atoms with Crippen LogP contribution in [-0.2, 0) is 64.7 Å². The maximum Gasteiger partial charge on any atom is 0.255 e. The highest BCUT2D eigenvalue weighted by atomic mass is 32.3. The van der Waals surface area contributed by atoms with Gasteiger partial charge in [0.25, 0.3) is 5.91 Å². The van der Waals surface area contributed by atoms with Gasteiger partial charge in [-0.25, -0.2) is 48.6 Å². The molecule has 8 rings (SSSR count). The van der Waals surface area contributed by atoms with Gasteiger partial charge in [-0.1, -0.05) is 216 Å². The van der Waals surface area contributed by atoms with Crippen molar-refractivity contribution in [3.8, 4) is 0 Å². The molecule has 5 aromatic carbocycles. The SMILES string of the molecule is CCC(C)(C)C(=O)NC(C)(C)CS(=O)(=O)NS(C)(=O)=O.CCC(C)C(=O)NS(C)(=O)=O.CCC(C)C(=O)NS(C)(=O)=O.CCC(C)C(=O)Nc1ncnc2nc[nH]c12.CCC(C)c1ccc(C(=O)Nc2ccc3c(c2)C(=O)c2ccccc2C3=O)cc1.CCC(C)c1ccc(C(C)(C)C)cc1.CCC(C)c1ccccc1. The highest BCUT2D eigenvalue weighted by Crippen LogP contribution is 2.31. The second-order valence-electron chi connectivity index (χ2n) is 30.2. The monoisotopic (exact) mass is 1610 g/mol. The zero-order valence-corrected chi connectivity index (χ0v) is 72.2. The predicted octanol–water partition coefficient (Wildman–Crippen LogP) is 14.7. The summed E-state index contributed by atoms with van der Waals surface area (Å²) in [4.78, 5) is 98.5. The number of aromatic amines is 1. The van der Waals surface area contributed by atoms with E-state index in [0.29, 0.717) is 87.5 Å². The number of carbonyl (C=O) groups is 7. The van der Waals surface area contributed by atoms with E-state index in [2.05, 4.69) is 153 Å². The molecule has 612 valence electrons. The molecule has 0 radical (unpaired) electrons. The number of nitrogens with zero attached hydrogens (tertiary/aromatic N) is 3. The van der Waals surface area contributed by atoms with Crippen molar-refractivity contribution in [1.82, 2.24) is 38.8 Å². The lowest BCUT2D eigenvalue weighted by atomic mass is 9.84. The summed E-state index contributed by atoms with van der Waals surface area (Å²) in [7, 11) is -14.7. The molecule has 7 aromatic rings. The van der Waals surface area contributed by atoms with Crippen LogP contribution in [0.3, 0.4) is 0 Å². The first-order valence-electron chi connectivity index (χ1n) is 37.2. The Balaban J connectivity index is 0.000000456. The maximum absolute atomic E-state index is 12.8. The fourth-order valence-corrected chi connectivity index (χ4v) is 14.0. The Kier molecular flexibility index (Phi) is 39.2. The number of aromatic nitrogens is 4. The Morgan fingerprint density at radius 1 is 0.468 bits per heavy atom. The van der Waals surface area contributed by atoms with Crippen LogP contribution in [-0.4, -0.2) is 125 Å². The van der Waals surface area contributed by atoms with Gasteiger partial charge in [0.1, 0.15) is 11.8 Å². The molecule has 25 nitrogen and oxygen atoms in total. The van der Waals surface area contributed by atoms with E-state index in [4.69, 9.17) is 0 Å². The quantitative estimate of drug-likeness (QED) is 0.0295. The summed E-state index contributed by atoms with van der Waals surface area (Å²) in [5.41, 5.74) is 7.83. The number of hydrogen-bond acceptors (Lipinski definition) is 18. The molecular formula is C82H120N10O15S4. The Bertz CT molecular complexity index is 4650. The Morgan fingerprint density at radius 3 is 1.32 bits per heavy atom. The van der Waals surface area contributed by atoms with Crippen LogP contribution >= 0.6 is 0 Å². The standard InChI is InChI=1S/C25H21NO3.C14H22.C11H24N2O5S2.C10H13N5O.C10H14.2C6H13NO3S/c1-3-15(2)16-8-10-17(11-9-16)25(29)26-18-12-13-21-22(14-18)24(28)20-7-5-4-6-19(20)23(21)27;1-6-11(2)12-7-9-13(10-8-12)14(3,4)5;1-7-10(2,3)9(14)12-11(4,5)8-20(17,18)13-19(6,15)16;1-3-6(2)10(16)15-9-7-8(12-4-11-7)13-5-14-9;1-3-9(2)10-7-5-4-6-8-10;2*1-4-5(2)6(8)7-11(3,9)10/h4-15H,3H2,1-2H3,(H,26,29);7-11H,6H2,1-5H3;13H,7-8H2,1-6H3,(H,12,14);4-6H,3H2,1-2H3,(H2,11,12,13,14,15,16);4-9H,3H2,1-2H3;2*5H,4H2,1-3H3,(H,7,8). The molecule has 2 aromatic heterocycles. The Labute approximate surface area is 660 Å². The summed E-state index contributed by atoms with van der Waals surface area (Å²) in [5.74, 6) is -0.562. The molecule has 6 atom stereocenters. The molecule has 0 saturated carbocycles. The van der Waals surface area contributed by atoms with Crippen molar-refractivity contribution in [2.75, 3.05) is 35.2 Å². The van der Waals surface area contributed by atoms with Gasteiger partial charge >= 0.3 is 0 Å². The summed E-state index contributed by atoms with van der Waals surface area (Å²) in [6, 6.07) is 38.9. The molecular weight excluding hydrogens is 1490 g/mol. The van der Waals surface area contributed by atoms with Crippen LogP contribution < -0.4 is 29.5 Å². The number of amides is 5. The zero-order chi connectivity index (χ0) is 84.8. The molecule has 7 N–H and O–H groups in total. The number of ketones is 2. The lowest BCUT2D eigenvalue weighted by Gasteiger charge is -2.31. The second kappa shape index (κ2) is 44.4. The molecule has 29 heteroatoms. The summed E-state index contributed by atoms with van der Waals surface area (Å²) in [5, 5.41) is 8.22. The van der Waals surface area contributed by atoms with Crippen molar-refractivity contribution in [2.24, 2.45) is 23.2 Å². The van der Waals surface area contributed by atoms with Gasteiger partial charge in [-0.15, -0.1) is 4.13 Å². The minimum absolute atomic E-state index is 0.0343. The molecule has 2 heterocycles. The van der Waals surface area contributed by atoms with Gasteiger partial charge in [-0.05, 0) is 135 Å². The summed E-state index contributed by atoms with van der Waals surface area (Å²) >= 11 is 0. The number of anilines is 2. The first kappa shape index (κ1) is 98.2. The van der Waals surface area contributed by atoms with Crippen molar-refractivity contribution in [1.29, 1.82) is 0 Å². The van der Waals surface area contributed by atoms with Crippen LogP contribution in [0.25, 0.3) is 11.2 Å². The van der Waals surface area contributed by atoms with Crippen molar-refractivity contribution in [3.63, 3.8) is 0 Å². The first-order valence-corrected chi connectivity index (χ1v) is 44.6. The number of hydrogen-bond donors (Lipinski definition) is 7. The van der Waals surface area contributed by atoms with E-state index < -0.39 is 68.6 Å². The third kappa shape index (κ3) is 34.7. The molecule has 0 fully saturated rings. The lowest BCUT2D eigenvalue weighted by Crippen LogP contribution is -2.54. The van der Waals surface area contributed by atoms with Crippen molar-refractivity contribution in [2.45, 2.75) is 212 Å². The molecule has 111 heavy (non-hydrogen) atoms. The van der Waals surface area contributed by atoms with Crippen LogP contribution in [0.5, 0.6) is 0 Å². The van der Waals surface area contributed by atoms with Crippen molar-refractivity contribution >= 4 is 104 Å². The third-order valence-electron chi connectivity index (χ3n) is 18.5. The van der Waals surface area contributed by atoms with Gasteiger partial charge in [0.15, 0.2) is 23.0 Å². The third-order valence-corrected chi connectivity index (χ3v) is 22.9. The summed E-state index contributed by atoms with van der Waals surface area (Å²) in [6.07, 6.45) is 11.8. The number of fused-ring (bicyclic) bond motifs is 3. The molecule has 0 aliphatic heterocycles. The average molecular weight is 1610 g/mol. The summed E-state index contributed by atoms with van der Waals surface area (Å²) in [6.45, 7) is 39.3. The number of rotatable bonds is 24. The maximum atomic E-state index is 12.8. The van der Waals surface area contributed by atoms with Gasteiger partial charge in [0.05, 0.1) is 30.8 Å². The highest BCUT2D eigenvalue weighted by Gasteiger charge is 2.35. The minimum Gasteiger partial charge on any atom is -0.350 e. The first-order chi connectivity index (χ1) is 51.3. The largest absolute Gasteiger partial charge is 0.350 e. The van der Waals surface area contributed by atoms with E-state index >= 15 is 0 Å². The van der Waals surface area contributed by atoms with E-state index in [1.54, 1.807) is 86.4 Å². The Morgan fingerprint density at radius 2 is 0.892 bits per heavy atom. The van der Waals surface area contributed by atoms with Crippen LogP contribution in [0.2, 0.25) is 0 Å². The van der Waals surface area contributed by atoms with Gasteiger partial charge in [0.2, 0.25) is 63.7 Å². The van der Waals surface area contributed by atoms with Crippen LogP contribution in [0.4, 0.5) is 11.5 Å². The zero-order valence-electron chi connectivity index (χ0n) is 68.9. The van der Waals surface area contributed by atoms with Crippen LogP contribution in [0.15, 0.2) is 134 Å². The minimum atomic E-state index is -4.05. The number of sulfonamides is 4. The molecule has 1 aliphatic carbocycles. The van der Waals surface area contributed by atoms with Crippen molar-refractivity contribution < 1.29 is 67.2 Å². The molecule has 6 unspecified atom stereocenters. The van der Waals surface area contributed by atoms with E-state index in [9.17, 15) is 67.2 Å². The van der Waals surface area contributed by atoms with E-state index in [1.807, 2.05) is 56.2 Å². The van der Waals surface area contributed by atoms with Crippen LogP contribution in [0.1, 0.15) is 266 Å². The molecule has 0 saturated heterocycles. The van der Waals surface area contributed by atoms with Gasteiger partial charge in [-0.3, -0.25) is 43.0 Å². The van der Waals surface area contributed by atoms with Crippen molar-refractivity contribution in [3.05, 3.63) is 184 Å². The second-order valence-corrected chi connectivity index (χ2v) is 37.4. The van der Waals surface area contributed by atoms with E-state index in [-0.39, 0.29) is 52.5 Å². The smallest absolute Gasteiger partial charge is 0.255 e. The predicted molar refractivity (Wildman–Crippen MR) is 445 cm³/mol. The number of benzene rings is 5. The lowest BCUT2D eigenvalue weighted by molar-refractivity contribution is -0.131. The summed E-state index contributed by atoms with van der Waals surface area (Å²) < 4.78 is 92.9. The number of carbonyl (C=O) groups excluding carboxylic acids is 7. The average Bonchev–Trinajstić information content (AvgIpc) is 1.17. The van der Waals surface area contributed by atoms with E-state index in [1.165, 1.54) is 61.6 Å². The topological polar surface area (TPSA) is 383 Å². The highest BCUT2D eigenvalue weighted by molar-refractivity contribution is 8.04.